The number of benzene rings is 3. The number of hydrogen-bond donors (Lipinski definition) is 2. The number of nitrogens with zero attached hydrogens (tertiary/aromatic N) is 2. The average Bonchev–Trinajstić information content (AvgIpc) is 3.40. The van der Waals surface area contributed by atoms with Gasteiger partial charge >= 0.3 is 0 Å². The maximum absolute atomic E-state index is 12.9. The van der Waals surface area contributed by atoms with E-state index in [0.717, 1.165) is 41.0 Å². The van der Waals surface area contributed by atoms with Crippen molar-refractivity contribution in [3.63, 3.8) is 0 Å². The predicted molar refractivity (Wildman–Crippen MR) is 125 cm³/mol. The first-order valence-electron chi connectivity index (χ1n) is 10.8. The number of aryl methyl sites for hydroxylation is 1. The summed E-state index contributed by atoms with van der Waals surface area (Å²) in [4.78, 5) is 34.6. The molecule has 5 rings (SSSR count). The summed E-state index contributed by atoms with van der Waals surface area (Å²) in [6, 6.07) is 21.2. The second-order valence-electron chi connectivity index (χ2n) is 8.26. The van der Waals surface area contributed by atoms with Gasteiger partial charge in [0, 0.05) is 36.3 Å². The van der Waals surface area contributed by atoms with Crippen LogP contribution in [0.15, 0.2) is 66.7 Å². The number of H-pyrrole nitrogens is 1. The summed E-state index contributed by atoms with van der Waals surface area (Å²) >= 11 is 0. The second-order valence-corrected chi connectivity index (χ2v) is 8.26. The third kappa shape index (κ3) is 4.12. The molecule has 1 saturated heterocycles. The Hall–Kier alpha value is -3.93. The zero-order valence-electron chi connectivity index (χ0n) is 17.9. The molecule has 0 aliphatic carbocycles. The predicted octanol–water partition coefficient (Wildman–Crippen LogP) is 4.91. The Morgan fingerprint density at radius 2 is 1.97 bits per heavy atom. The molecule has 0 atom stereocenters. The fourth-order valence-electron chi connectivity index (χ4n) is 4.11. The summed E-state index contributed by atoms with van der Waals surface area (Å²) < 4.78 is 0. The van der Waals surface area contributed by atoms with Crippen LogP contribution in [0.3, 0.4) is 0 Å². The SMILES string of the molecule is Cc1ccc2nc(-c3cccc(NC(=O)c4cccc(CN5CCCC5=O)c4)c3)[nH]c2c1. The largest absolute Gasteiger partial charge is 0.338 e. The number of rotatable bonds is 5. The molecule has 2 heterocycles. The normalized spacial score (nSPS) is 13.7. The molecule has 1 fully saturated rings. The maximum Gasteiger partial charge on any atom is 0.255 e. The molecule has 6 nitrogen and oxygen atoms in total. The van der Waals surface area contributed by atoms with Crippen molar-refractivity contribution in [1.82, 2.24) is 14.9 Å². The fourth-order valence-corrected chi connectivity index (χ4v) is 4.11. The van der Waals surface area contributed by atoms with Gasteiger partial charge in [-0.1, -0.05) is 30.3 Å². The number of amides is 2. The number of imidazole rings is 1. The van der Waals surface area contributed by atoms with Crippen LogP contribution in [-0.2, 0) is 11.3 Å². The molecule has 3 aromatic carbocycles. The van der Waals surface area contributed by atoms with E-state index in [1.165, 1.54) is 5.56 Å². The lowest BCUT2D eigenvalue weighted by atomic mass is 10.1. The lowest BCUT2D eigenvalue weighted by molar-refractivity contribution is -0.128. The van der Waals surface area contributed by atoms with Crippen molar-refractivity contribution < 1.29 is 9.59 Å². The minimum atomic E-state index is -0.183. The van der Waals surface area contributed by atoms with Crippen LogP contribution in [0.1, 0.15) is 34.3 Å². The highest BCUT2D eigenvalue weighted by Gasteiger charge is 2.20. The van der Waals surface area contributed by atoms with Gasteiger partial charge in [0.2, 0.25) is 5.91 Å². The van der Waals surface area contributed by atoms with Crippen molar-refractivity contribution in [3.8, 4) is 11.4 Å². The van der Waals surface area contributed by atoms with E-state index in [0.29, 0.717) is 24.2 Å². The molecule has 0 bridgehead atoms. The Bertz CT molecular complexity index is 1320. The Kier molecular flexibility index (Phi) is 5.19. The molecule has 0 radical (unpaired) electrons. The Morgan fingerprint density at radius 3 is 2.81 bits per heavy atom. The highest BCUT2D eigenvalue weighted by atomic mass is 16.2. The molecule has 2 amide bonds. The third-order valence-corrected chi connectivity index (χ3v) is 5.77. The van der Waals surface area contributed by atoms with Gasteiger partial charge in [0.1, 0.15) is 5.82 Å². The summed E-state index contributed by atoms with van der Waals surface area (Å²) in [7, 11) is 0. The summed E-state index contributed by atoms with van der Waals surface area (Å²) in [6.07, 6.45) is 1.52. The molecule has 32 heavy (non-hydrogen) atoms. The minimum absolute atomic E-state index is 0.178. The van der Waals surface area contributed by atoms with Gasteiger partial charge in [-0.05, 0) is 60.9 Å². The number of likely N-dealkylation sites (tertiary alicyclic amines) is 1. The van der Waals surface area contributed by atoms with Crippen molar-refractivity contribution in [2.45, 2.75) is 26.3 Å². The Balaban J connectivity index is 1.33. The van der Waals surface area contributed by atoms with Crippen LogP contribution in [0, 0.1) is 6.92 Å². The van der Waals surface area contributed by atoms with Crippen molar-refractivity contribution >= 4 is 28.5 Å². The van der Waals surface area contributed by atoms with Crippen LogP contribution < -0.4 is 5.32 Å². The van der Waals surface area contributed by atoms with Gasteiger partial charge in [-0.3, -0.25) is 9.59 Å². The number of anilines is 1. The smallest absolute Gasteiger partial charge is 0.255 e. The summed E-state index contributed by atoms with van der Waals surface area (Å²) in [6.45, 7) is 3.37. The van der Waals surface area contributed by atoms with Gasteiger partial charge in [-0.2, -0.15) is 0 Å². The molecule has 4 aromatic rings. The highest BCUT2D eigenvalue weighted by Crippen LogP contribution is 2.24. The molecular formula is C26H24N4O2. The quantitative estimate of drug-likeness (QED) is 0.478. The number of carbonyl (C=O) groups excluding carboxylic acids is 2. The van der Waals surface area contributed by atoms with E-state index < -0.39 is 0 Å². The first-order valence-corrected chi connectivity index (χ1v) is 10.8. The number of carbonyl (C=O) groups is 2. The van der Waals surface area contributed by atoms with Crippen LogP contribution >= 0.6 is 0 Å². The van der Waals surface area contributed by atoms with Gasteiger partial charge in [0.05, 0.1) is 11.0 Å². The standard InChI is InChI=1S/C26H24N4O2/c1-17-10-11-22-23(13-17)29-25(28-22)19-6-3-8-21(15-19)27-26(32)20-7-2-5-18(14-20)16-30-12-4-9-24(30)31/h2-3,5-8,10-11,13-15H,4,9,12,16H2,1H3,(H,27,32)(H,28,29). The van der Waals surface area contributed by atoms with Gasteiger partial charge in [0.25, 0.3) is 5.91 Å². The van der Waals surface area contributed by atoms with E-state index in [2.05, 4.69) is 21.4 Å². The molecule has 1 aromatic heterocycles. The maximum atomic E-state index is 12.9. The lowest BCUT2D eigenvalue weighted by Gasteiger charge is -2.16. The number of aromatic nitrogens is 2. The molecule has 1 aliphatic heterocycles. The zero-order chi connectivity index (χ0) is 22.1. The van der Waals surface area contributed by atoms with E-state index in [9.17, 15) is 9.59 Å². The Morgan fingerprint density at radius 1 is 1.09 bits per heavy atom. The number of fused-ring (bicyclic) bond motifs is 1. The molecular weight excluding hydrogens is 400 g/mol. The third-order valence-electron chi connectivity index (χ3n) is 5.77. The molecule has 2 N–H and O–H groups in total. The molecule has 0 unspecified atom stereocenters. The Labute approximate surface area is 186 Å². The topological polar surface area (TPSA) is 78.1 Å². The van der Waals surface area contributed by atoms with Crippen LogP contribution in [0.5, 0.6) is 0 Å². The molecule has 0 spiro atoms. The van der Waals surface area contributed by atoms with Gasteiger partial charge < -0.3 is 15.2 Å². The van der Waals surface area contributed by atoms with Crippen molar-refractivity contribution in [1.29, 1.82) is 0 Å². The minimum Gasteiger partial charge on any atom is -0.338 e. The summed E-state index contributed by atoms with van der Waals surface area (Å²) in [5, 5.41) is 2.98. The van der Waals surface area contributed by atoms with E-state index in [1.54, 1.807) is 6.07 Å². The van der Waals surface area contributed by atoms with E-state index in [-0.39, 0.29) is 11.8 Å². The van der Waals surface area contributed by atoms with Crippen LogP contribution in [-0.4, -0.2) is 33.2 Å². The zero-order valence-corrected chi connectivity index (χ0v) is 17.9. The van der Waals surface area contributed by atoms with Gasteiger partial charge in [-0.25, -0.2) is 4.98 Å². The van der Waals surface area contributed by atoms with Crippen LogP contribution in [0.25, 0.3) is 22.4 Å². The van der Waals surface area contributed by atoms with E-state index >= 15 is 0 Å². The summed E-state index contributed by atoms with van der Waals surface area (Å²) in [5.41, 5.74) is 6.20. The van der Waals surface area contributed by atoms with Gasteiger partial charge in [0.15, 0.2) is 0 Å². The van der Waals surface area contributed by atoms with E-state index in [4.69, 9.17) is 0 Å². The summed E-state index contributed by atoms with van der Waals surface area (Å²) in [5.74, 6) is 0.758. The lowest BCUT2D eigenvalue weighted by Crippen LogP contribution is -2.24. The van der Waals surface area contributed by atoms with Gasteiger partial charge in [-0.15, -0.1) is 0 Å². The first kappa shape index (κ1) is 20.0. The van der Waals surface area contributed by atoms with Crippen molar-refractivity contribution in [2.24, 2.45) is 0 Å². The van der Waals surface area contributed by atoms with Crippen LogP contribution in [0.4, 0.5) is 5.69 Å². The number of aromatic amines is 1. The van der Waals surface area contributed by atoms with Crippen molar-refractivity contribution in [2.75, 3.05) is 11.9 Å². The molecule has 1 aliphatic rings. The number of hydrogen-bond acceptors (Lipinski definition) is 3. The first-order chi connectivity index (χ1) is 15.5. The average molecular weight is 425 g/mol. The molecule has 6 heteroatoms. The highest BCUT2D eigenvalue weighted by molar-refractivity contribution is 6.04. The fraction of sp³-hybridized carbons (Fsp3) is 0.192. The molecule has 160 valence electrons. The molecule has 0 saturated carbocycles. The van der Waals surface area contributed by atoms with E-state index in [1.807, 2.05) is 66.4 Å². The van der Waals surface area contributed by atoms with Crippen molar-refractivity contribution in [3.05, 3.63) is 83.4 Å². The van der Waals surface area contributed by atoms with Crippen LogP contribution in [0.2, 0.25) is 0 Å². The second kappa shape index (κ2) is 8.30. The monoisotopic (exact) mass is 424 g/mol. The number of nitrogens with one attached hydrogen (secondary N) is 2.